The van der Waals surface area contributed by atoms with Crippen molar-refractivity contribution in [1.82, 2.24) is 24.6 Å². The molecule has 0 radical (unpaired) electrons. The first-order chi connectivity index (χ1) is 14.5. The number of piperidine rings is 1. The van der Waals surface area contributed by atoms with Gasteiger partial charge in [-0.1, -0.05) is 29.8 Å². The van der Waals surface area contributed by atoms with Crippen molar-refractivity contribution in [2.75, 3.05) is 32.1 Å². The van der Waals surface area contributed by atoms with Crippen molar-refractivity contribution in [2.24, 2.45) is 0 Å². The number of likely N-dealkylation sites (tertiary alicyclic amines) is 1. The Balaban J connectivity index is 1.63. The molecule has 1 aliphatic heterocycles. The fourth-order valence-electron chi connectivity index (χ4n) is 3.93. The molecule has 1 fully saturated rings. The van der Waals surface area contributed by atoms with E-state index in [4.69, 9.17) is 4.98 Å². The van der Waals surface area contributed by atoms with Crippen LogP contribution in [-0.2, 0) is 11.3 Å². The van der Waals surface area contributed by atoms with E-state index in [0.717, 1.165) is 36.2 Å². The van der Waals surface area contributed by atoms with Crippen LogP contribution in [0.4, 0.5) is 5.95 Å². The largest absolute Gasteiger partial charge is 0.347 e. The highest BCUT2D eigenvalue weighted by molar-refractivity contribution is 5.76. The first kappa shape index (κ1) is 20.1. The SMILES string of the molecule is Cc1ccc(-c2cnc(N(C)C)nc2[C@@H]2CCCN(C(=O)Cn3cccn3)C2)cc1. The van der Waals surface area contributed by atoms with Crippen LogP contribution in [0.2, 0.25) is 0 Å². The molecule has 0 aliphatic carbocycles. The van der Waals surface area contributed by atoms with Crippen LogP contribution in [0.5, 0.6) is 0 Å². The Labute approximate surface area is 177 Å². The summed E-state index contributed by atoms with van der Waals surface area (Å²) >= 11 is 0. The Hall–Kier alpha value is -3.22. The summed E-state index contributed by atoms with van der Waals surface area (Å²) in [5.74, 6) is 0.973. The van der Waals surface area contributed by atoms with Crippen molar-refractivity contribution in [1.29, 1.82) is 0 Å². The minimum Gasteiger partial charge on any atom is -0.347 e. The average molecular weight is 405 g/mol. The van der Waals surface area contributed by atoms with Crippen LogP contribution < -0.4 is 4.90 Å². The maximum absolute atomic E-state index is 12.8. The molecule has 7 heteroatoms. The van der Waals surface area contributed by atoms with Gasteiger partial charge in [-0.15, -0.1) is 0 Å². The van der Waals surface area contributed by atoms with Crippen molar-refractivity contribution < 1.29 is 4.79 Å². The zero-order chi connectivity index (χ0) is 21.1. The molecule has 1 atom stereocenters. The Morgan fingerprint density at radius 2 is 2.03 bits per heavy atom. The fourth-order valence-corrected chi connectivity index (χ4v) is 3.93. The van der Waals surface area contributed by atoms with E-state index in [9.17, 15) is 4.79 Å². The second kappa shape index (κ2) is 8.65. The predicted molar refractivity (Wildman–Crippen MR) is 117 cm³/mol. The van der Waals surface area contributed by atoms with Crippen LogP contribution >= 0.6 is 0 Å². The standard InChI is InChI=1S/C23H28N6O/c1-17-7-9-18(10-8-17)20-14-24-23(27(2)3)26-22(20)19-6-4-12-28(15-19)21(30)16-29-13-5-11-25-29/h5,7-11,13-14,19H,4,6,12,15-16H2,1-3H3/t19-/m1/s1. The molecule has 30 heavy (non-hydrogen) atoms. The molecule has 3 heterocycles. The number of hydrogen-bond acceptors (Lipinski definition) is 5. The molecule has 1 aromatic carbocycles. The van der Waals surface area contributed by atoms with Gasteiger partial charge in [0.2, 0.25) is 11.9 Å². The third-order valence-electron chi connectivity index (χ3n) is 5.59. The summed E-state index contributed by atoms with van der Waals surface area (Å²) < 4.78 is 1.68. The Bertz CT molecular complexity index is 997. The van der Waals surface area contributed by atoms with E-state index in [2.05, 4.69) is 41.3 Å². The van der Waals surface area contributed by atoms with E-state index in [1.807, 2.05) is 42.4 Å². The summed E-state index contributed by atoms with van der Waals surface area (Å²) in [5, 5.41) is 4.16. The Morgan fingerprint density at radius 3 is 2.73 bits per heavy atom. The van der Waals surface area contributed by atoms with Crippen LogP contribution in [0.25, 0.3) is 11.1 Å². The van der Waals surface area contributed by atoms with E-state index in [1.54, 1.807) is 10.9 Å². The average Bonchev–Trinajstić information content (AvgIpc) is 3.27. The van der Waals surface area contributed by atoms with Gasteiger partial charge in [-0.3, -0.25) is 9.48 Å². The Kier molecular flexibility index (Phi) is 5.79. The minimum atomic E-state index is 0.0992. The predicted octanol–water partition coefficient (Wildman–Crippen LogP) is 3.12. The second-order valence-corrected chi connectivity index (χ2v) is 8.11. The van der Waals surface area contributed by atoms with E-state index >= 15 is 0 Å². The number of anilines is 1. The number of hydrogen-bond donors (Lipinski definition) is 0. The van der Waals surface area contributed by atoms with Crippen molar-refractivity contribution in [3.63, 3.8) is 0 Å². The van der Waals surface area contributed by atoms with Crippen LogP contribution in [0.15, 0.2) is 48.9 Å². The molecular formula is C23H28N6O. The molecule has 1 amide bonds. The first-order valence-electron chi connectivity index (χ1n) is 10.4. The molecular weight excluding hydrogens is 376 g/mol. The summed E-state index contributed by atoms with van der Waals surface area (Å²) in [6, 6.07) is 10.3. The highest BCUT2D eigenvalue weighted by Gasteiger charge is 2.28. The summed E-state index contributed by atoms with van der Waals surface area (Å²) in [4.78, 5) is 26.2. The third-order valence-corrected chi connectivity index (χ3v) is 5.59. The monoisotopic (exact) mass is 404 g/mol. The molecule has 4 rings (SSSR count). The lowest BCUT2D eigenvalue weighted by Crippen LogP contribution is -2.41. The number of carbonyl (C=O) groups excluding carboxylic acids is 1. The Morgan fingerprint density at radius 1 is 1.23 bits per heavy atom. The number of rotatable bonds is 5. The van der Waals surface area contributed by atoms with E-state index in [1.165, 1.54) is 5.56 Å². The van der Waals surface area contributed by atoms with Crippen molar-refractivity contribution in [3.8, 4) is 11.1 Å². The smallest absolute Gasteiger partial charge is 0.244 e. The molecule has 0 bridgehead atoms. The lowest BCUT2D eigenvalue weighted by atomic mass is 9.89. The van der Waals surface area contributed by atoms with Gasteiger partial charge in [0.15, 0.2) is 0 Å². The van der Waals surface area contributed by atoms with Crippen molar-refractivity contribution >= 4 is 11.9 Å². The topological polar surface area (TPSA) is 67.2 Å². The van der Waals surface area contributed by atoms with Gasteiger partial charge in [0, 0.05) is 57.3 Å². The number of aryl methyl sites for hydroxylation is 1. The molecule has 3 aromatic rings. The molecule has 0 saturated carbocycles. The quantitative estimate of drug-likeness (QED) is 0.654. The summed E-state index contributed by atoms with van der Waals surface area (Å²) in [5.41, 5.74) is 4.40. The number of carbonyl (C=O) groups is 1. The molecule has 0 spiro atoms. The molecule has 7 nitrogen and oxygen atoms in total. The van der Waals surface area contributed by atoms with Crippen LogP contribution in [0.3, 0.4) is 0 Å². The van der Waals surface area contributed by atoms with Gasteiger partial charge < -0.3 is 9.80 Å². The summed E-state index contributed by atoms with van der Waals surface area (Å²) in [6.07, 6.45) is 7.41. The third kappa shape index (κ3) is 4.35. The second-order valence-electron chi connectivity index (χ2n) is 8.11. The number of nitrogens with zero attached hydrogens (tertiary/aromatic N) is 6. The van der Waals surface area contributed by atoms with Crippen LogP contribution in [0, 0.1) is 6.92 Å². The zero-order valence-electron chi connectivity index (χ0n) is 17.8. The van der Waals surface area contributed by atoms with Crippen molar-refractivity contribution in [2.45, 2.75) is 32.2 Å². The molecule has 1 saturated heterocycles. The maximum atomic E-state index is 12.8. The summed E-state index contributed by atoms with van der Waals surface area (Å²) in [7, 11) is 3.90. The minimum absolute atomic E-state index is 0.0992. The lowest BCUT2D eigenvalue weighted by Gasteiger charge is -2.33. The van der Waals surface area contributed by atoms with Gasteiger partial charge in [0.05, 0.1) is 5.69 Å². The van der Waals surface area contributed by atoms with Gasteiger partial charge in [-0.2, -0.15) is 5.10 Å². The number of amides is 1. The maximum Gasteiger partial charge on any atom is 0.244 e. The number of aromatic nitrogens is 4. The highest BCUT2D eigenvalue weighted by Crippen LogP contribution is 2.34. The molecule has 1 aliphatic rings. The number of benzene rings is 1. The van der Waals surface area contributed by atoms with Gasteiger partial charge in [-0.05, 0) is 31.4 Å². The molecule has 156 valence electrons. The molecule has 0 N–H and O–H groups in total. The van der Waals surface area contributed by atoms with Gasteiger partial charge in [-0.25, -0.2) is 9.97 Å². The molecule has 0 unspecified atom stereocenters. The zero-order valence-corrected chi connectivity index (χ0v) is 17.8. The highest BCUT2D eigenvalue weighted by atomic mass is 16.2. The first-order valence-corrected chi connectivity index (χ1v) is 10.4. The van der Waals surface area contributed by atoms with Crippen LogP contribution in [0.1, 0.15) is 30.0 Å². The summed E-state index contributed by atoms with van der Waals surface area (Å²) in [6.45, 7) is 3.81. The van der Waals surface area contributed by atoms with E-state index < -0.39 is 0 Å². The van der Waals surface area contributed by atoms with E-state index in [0.29, 0.717) is 12.5 Å². The van der Waals surface area contributed by atoms with E-state index in [-0.39, 0.29) is 18.4 Å². The fraction of sp³-hybridized carbons (Fsp3) is 0.391. The lowest BCUT2D eigenvalue weighted by molar-refractivity contribution is -0.133. The normalized spacial score (nSPS) is 16.5. The van der Waals surface area contributed by atoms with Gasteiger partial charge in [0.1, 0.15) is 6.54 Å². The van der Waals surface area contributed by atoms with Crippen LogP contribution in [-0.4, -0.2) is 57.7 Å². The van der Waals surface area contributed by atoms with Crippen molar-refractivity contribution in [3.05, 3.63) is 60.2 Å². The van der Waals surface area contributed by atoms with Gasteiger partial charge in [0.25, 0.3) is 0 Å². The molecule has 2 aromatic heterocycles. The van der Waals surface area contributed by atoms with Gasteiger partial charge >= 0.3 is 0 Å².